The molecule has 18 heavy (non-hydrogen) atoms. The molecule has 5 nitrogen and oxygen atoms in total. The Morgan fingerprint density at radius 2 is 2.06 bits per heavy atom. The second-order valence-corrected chi connectivity index (χ2v) is 4.42. The van der Waals surface area contributed by atoms with Gasteiger partial charge in [0.25, 0.3) is 0 Å². The zero-order valence-electron chi connectivity index (χ0n) is 10.3. The number of nitrogens with zero attached hydrogens (tertiary/aromatic N) is 1. The van der Waals surface area contributed by atoms with E-state index in [1.807, 2.05) is 35.2 Å². The molecule has 1 fully saturated rings. The van der Waals surface area contributed by atoms with Gasteiger partial charge < -0.3 is 5.73 Å². The van der Waals surface area contributed by atoms with Gasteiger partial charge in [0.1, 0.15) is 0 Å². The first kappa shape index (κ1) is 12.7. The Morgan fingerprint density at radius 1 is 1.39 bits per heavy atom. The van der Waals surface area contributed by atoms with E-state index >= 15 is 0 Å². The summed E-state index contributed by atoms with van der Waals surface area (Å²) in [6, 6.07) is 9.23. The summed E-state index contributed by atoms with van der Waals surface area (Å²) in [6.45, 7) is 2.35. The van der Waals surface area contributed by atoms with Crippen molar-refractivity contribution in [1.29, 1.82) is 0 Å². The van der Waals surface area contributed by atoms with Crippen LogP contribution in [-0.4, -0.2) is 35.8 Å². The molecule has 1 aromatic carbocycles. The lowest BCUT2D eigenvalue weighted by Gasteiger charge is -2.37. The number of carbonyl (C=O) groups is 2. The van der Waals surface area contributed by atoms with E-state index < -0.39 is 0 Å². The smallest absolute Gasteiger partial charge is 0.243 e. The molecule has 1 aromatic rings. The summed E-state index contributed by atoms with van der Waals surface area (Å²) in [5.41, 5.74) is 6.83. The Labute approximate surface area is 106 Å². The third kappa shape index (κ3) is 2.42. The van der Waals surface area contributed by atoms with Crippen LogP contribution in [0.1, 0.15) is 18.5 Å². The molecule has 0 aromatic heterocycles. The minimum Gasteiger partial charge on any atom is -0.329 e. The third-order valence-electron chi connectivity index (χ3n) is 3.27. The van der Waals surface area contributed by atoms with E-state index in [2.05, 4.69) is 5.32 Å². The zero-order valence-corrected chi connectivity index (χ0v) is 10.3. The first-order valence-electron chi connectivity index (χ1n) is 5.98. The number of hydrogen-bond donors (Lipinski definition) is 2. The van der Waals surface area contributed by atoms with Gasteiger partial charge in [0.05, 0.1) is 12.6 Å². The zero-order chi connectivity index (χ0) is 13.1. The number of hydrogen-bond acceptors (Lipinski definition) is 4. The quantitative estimate of drug-likeness (QED) is 0.739. The lowest BCUT2D eigenvalue weighted by atomic mass is 10.0. The predicted octanol–water partition coefficient (Wildman–Crippen LogP) is 0.0333. The molecular formula is C13H17N3O2. The predicted molar refractivity (Wildman–Crippen MR) is 67.6 cm³/mol. The van der Waals surface area contributed by atoms with Gasteiger partial charge in [-0.25, -0.2) is 0 Å². The lowest BCUT2D eigenvalue weighted by molar-refractivity contribution is -0.140. The highest BCUT2D eigenvalue weighted by atomic mass is 16.2. The number of nitrogens with two attached hydrogens (primary N) is 1. The average molecular weight is 247 g/mol. The molecule has 1 aliphatic heterocycles. The van der Waals surface area contributed by atoms with Crippen LogP contribution in [0.3, 0.4) is 0 Å². The number of piperazine rings is 1. The molecule has 0 aliphatic carbocycles. The monoisotopic (exact) mass is 247 g/mol. The number of carbonyl (C=O) groups excluding carboxylic acids is 2. The maximum atomic E-state index is 11.7. The fourth-order valence-corrected chi connectivity index (χ4v) is 2.25. The topological polar surface area (TPSA) is 75.4 Å². The van der Waals surface area contributed by atoms with Crippen LogP contribution >= 0.6 is 0 Å². The molecule has 0 saturated carbocycles. The van der Waals surface area contributed by atoms with E-state index in [-0.39, 0.29) is 30.4 Å². The lowest BCUT2D eigenvalue weighted by Crippen LogP contribution is -2.58. The van der Waals surface area contributed by atoms with Crippen molar-refractivity contribution in [2.24, 2.45) is 5.73 Å². The number of imide groups is 1. The van der Waals surface area contributed by atoms with Crippen molar-refractivity contribution < 1.29 is 9.59 Å². The maximum Gasteiger partial charge on any atom is 0.243 e. The molecule has 0 bridgehead atoms. The Balaban J connectivity index is 2.27. The van der Waals surface area contributed by atoms with Crippen LogP contribution in [0.5, 0.6) is 0 Å². The fraction of sp³-hybridized carbons (Fsp3) is 0.385. The van der Waals surface area contributed by atoms with Crippen molar-refractivity contribution in [3.63, 3.8) is 0 Å². The van der Waals surface area contributed by atoms with Crippen LogP contribution in [0.2, 0.25) is 0 Å². The van der Waals surface area contributed by atoms with E-state index in [0.29, 0.717) is 6.54 Å². The molecule has 2 unspecified atom stereocenters. The van der Waals surface area contributed by atoms with Crippen LogP contribution in [0, 0.1) is 0 Å². The summed E-state index contributed by atoms with van der Waals surface area (Å²) in [6.07, 6.45) is 0. The second-order valence-electron chi connectivity index (χ2n) is 4.42. The van der Waals surface area contributed by atoms with Crippen LogP contribution in [0.15, 0.2) is 30.3 Å². The Morgan fingerprint density at radius 3 is 2.67 bits per heavy atom. The Hall–Kier alpha value is -1.72. The summed E-state index contributed by atoms with van der Waals surface area (Å²) in [4.78, 5) is 25.0. The summed E-state index contributed by atoms with van der Waals surface area (Å²) >= 11 is 0. The number of amides is 2. The first-order valence-corrected chi connectivity index (χ1v) is 5.98. The molecule has 0 radical (unpaired) electrons. The molecule has 1 aliphatic rings. The van der Waals surface area contributed by atoms with Gasteiger partial charge in [-0.05, 0) is 12.5 Å². The third-order valence-corrected chi connectivity index (χ3v) is 3.27. The van der Waals surface area contributed by atoms with E-state index in [0.717, 1.165) is 5.56 Å². The van der Waals surface area contributed by atoms with E-state index in [9.17, 15) is 9.59 Å². The second kappa shape index (κ2) is 5.29. The highest BCUT2D eigenvalue weighted by Crippen LogP contribution is 2.23. The number of nitrogens with one attached hydrogen (secondary N) is 1. The van der Waals surface area contributed by atoms with Crippen LogP contribution in [0.4, 0.5) is 0 Å². The molecular weight excluding hydrogens is 230 g/mol. The minimum atomic E-state index is -0.351. The van der Waals surface area contributed by atoms with E-state index in [4.69, 9.17) is 5.73 Å². The molecule has 2 amide bonds. The minimum absolute atomic E-state index is 0.115. The molecule has 3 N–H and O–H groups in total. The fourth-order valence-electron chi connectivity index (χ4n) is 2.25. The molecule has 2 rings (SSSR count). The SMILES string of the molecule is CC1C(=O)NC(=O)CN1C(CN)c1ccccc1. The van der Waals surface area contributed by atoms with Gasteiger partial charge >= 0.3 is 0 Å². The highest BCUT2D eigenvalue weighted by molar-refractivity contribution is 6.00. The van der Waals surface area contributed by atoms with Gasteiger partial charge in [-0.1, -0.05) is 30.3 Å². The number of rotatable bonds is 3. The van der Waals surface area contributed by atoms with Crippen molar-refractivity contribution in [3.8, 4) is 0 Å². The Bertz CT molecular complexity index is 447. The van der Waals surface area contributed by atoms with Crippen LogP contribution in [0.25, 0.3) is 0 Å². The molecule has 5 heteroatoms. The van der Waals surface area contributed by atoms with Crippen LogP contribution < -0.4 is 11.1 Å². The molecule has 1 saturated heterocycles. The van der Waals surface area contributed by atoms with E-state index in [1.165, 1.54) is 0 Å². The van der Waals surface area contributed by atoms with Gasteiger partial charge in [-0.15, -0.1) is 0 Å². The van der Waals surface area contributed by atoms with Gasteiger partial charge in [0.2, 0.25) is 11.8 Å². The van der Waals surface area contributed by atoms with Gasteiger partial charge in [0, 0.05) is 12.6 Å². The normalized spacial score (nSPS) is 22.7. The van der Waals surface area contributed by atoms with Crippen molar-refractivity contribution in [3.05, 3.63) is 35.9 Å². The van der Waals surface area contributed by atoms with Crippen molar-refractivity contribution in [1.82, 2.24) is 10.2 Å². The summed E-state index contributed by atoms with van der Waals surface area (Å²) in [5.74, 6) is -0.534. The molecule has 2 atom stereocenters. The van der Waals surface area contributed by atoms with Gasteiger partial charge in [0.15, 0.2) is 0 Å². The van der Waals surface area contributed by atoms with Crippen molar-refractivity contribution in [2.45, 2.75) is 19.0 Å². The summed E-state index contributed by atoms with van der Waals surface area (Å²) < 4.78 is 0. The summed E-state index contributed by atoms with van der Waals surface area (Å²) in [5, 5.41) is 2.33. The van der Waals surface area contributed by atoms with E-state index in [1.54, 1.807) is 6.92 Å². The largest absolute Gasteiger partial charge is 0.329 e. The maximum absolute atomic E-state index is 11.7. The molecule has 0 spiro atoms. The molecule has 1 heterocycles. The van der Waals surface area contributed by atoms with Crippen molar-refractivity contribution in [2.75, 3.05) is 13.1 Å². The highest BCUT2D eigenvalue weighted by Gasteiger charge is 2.34. The average Bonchev–Trinajstić information content (AvgIpc) is 2.37. The van der Waals surface area contributed by atoms with Gasteiger partial charge in [-0.2, -0.15) is 0 Å². The van der Waals surface area contributed by atoms with Crippen LogP contribution in [-0.2, 0) is 9.59 Å². The standard InChI is InChI=1S/C13H17N3O2/c1-9-13(18)15-12(17)8-16(9)11(7-14)10-5-3-2-4-6-10/h2-6,9,11H,7-8,14H2,1H3,(H,15,17,18). The van der Waals surface area contributed by atoms with Gasteiger partial charge in [-0.3, -0.25) is 19.8 Å². The number of benzene rings is 1. The Kier molecular flexibility index (Phi) is 3.74. The first-order chi connectivity index (χ1) is 8.63. The molecule has 96 valence electrons. The van der Waals surface area contributed by atoms with Crippen molar-refractivity contribution >= 4 is 11.8 Å². The summed E-state index contributed by atoms with van der Waals surface area (Å²) in [7, 11) is 0.